The van der Waals surface area contributed by atoms with Crippen molar-refractivity contribution in [2.24, 2.45) is 0 Å². The average molecular weight is 286 g/mol. The molecule has 0 aliphatic rings. The van der Waals surface area contributed by atoms with Crippen molar-refractivity contribution in [3.8, 4) is 17.0 Å². The Hall–Kier alpha value is -2.51. The van der Waals surface area contributed by atoms with Gasteiger partial charge in [-0.1, -0.05) is 0 Å². The number of carboxylic acid groups (broad SMARTS) is 1. The molecule has 0 amide bonds. The van der Waals surface area contributed by atoms with Crippen molar-refractivity contribution >= 4 is 5.97 Å². The van der Waals surface area contributed by atoms with E-state index in [-0.39, 0.29) is 22.6 Å². The molecule has 0 bridgehead atoms. The fourth-order valence-electron chi connectivity index (χ4n) is 1.76. The molecule has 0 saturated carbocycles. The quantitative estimate of drug-likeness (QED) is 0.909. The fourth-order valence-corrected chi connectivity index (χ4v) is 1.76. The minimum atomic E-state index is -4.65. The minimum Gasteiger partial charge on any atom is -0.497 e. The second kappa shape index (κ2) is 4.87. The Morgan fingerprint density at radius 2 is 2.10 bits per heavy atom. The zero-order chi connectivity index (χ0) is 14.9. The summed E-state index contributed by atoms with van der Waals surface area (Å²) in [6.07, 6.45) is -3.69. The van der Waals surface area contributed by atoms with Gasteiger partial charge in [0.25, 0.3) is 0 Å². The molecule has 1 aromatic carbocycles. The second-order valence-corrected chi connectivity index (χ2v) is 3.87. The first-order valence-electron chi connectivity index (χ1n) is 5.37. The van der Waals surface area contributed by atoms with E-state index in [0.717, 1.165) is 18.3 Å². The maximum absolute atomic E-state index is 13.1. The van der Waals surface area contributed by atoms with Crippen molar-refractivity contribution in [2.45, 2.75) is 6.18 Å². The number of ether oxygens (including phenoxy) is 1. The van der Waals surface area contributed by atoms with Gasteiger partial charge in [0.2, 0.25) is 0 Å². The lowest BCUT2D eigenvalue weighted by Gasteiger charge is -2.13. The highest BCUT2D eigenvalue weighted by Gasteiger charge is 2.35. The first-order valence-corrected chi connectivity index (χ1v) is 5.37. The molecule has 0 spiro atoms. The number of carbonyl (C=O) groups is 1. The number of H-pyrrole nitrogens is 1. The summed E-state index contributed by atoms with van der Waals surface area (Å²) >= 11 is 0. The van der Waals surface area contributed by atoms with Gasteiger partial charge in [-0.05, 0) is 18.2 Å². The lowest BCUT2D eigenvalue weighted by Crippen LogP contribution is -2.09. The van der Waals surface area contributed by atoms with Crippen molar-refractivity contribution in [1.82, 2.24) is 10.2 Å². The molecule has 8 heteroatoms. The van der Waals surface area contributed by atoms with Gasteiger partial charge in [-0.3, -0.25) is 5.10 Å². The lowest BCUT2D eigenvalue weighted by molar-refractivity contribution is -0.137. The van der Waals surface area contributed by atoms with Crippen LogP contribution < -0.4 is 4.74 Å². The largest absolute Gasteiger partial charge is 0.497 e. The van der Waals surface area contributed by atoms with Crippen LogP contribution in [0.1, 0.15) is 15.9 Å². The predicted octanol–water partition coefficient (Wildman–Crippen LogP) is 2.80. The number of hydrogen-bond donors (Lipinski definition) is 2. The van der Waals surface area contributed by atoms with E-state index in [0.29, 0.717) is 0 Å². The Morgan fingerprint density at radius 1 is 1.40 bits per heavy atom. The molecular weight excluding hydrogens is 277 g/mol. The van der Waals surface area contributed by atoms with Crippen LogP contribution in [-0.2, 0) is 6.18 Å². The van der Waals surface area contributed by atoms with E-state index in [1.165, 1.54) is 13.2 Å². The van der Waals surface area contributed by atoms with Gasteiger partial charge >= 0.3 is 12.1 Å². The number of nitrogens with zero attached hydrogens (tertiary/aromatic N) is 1. The summed E-state index contributed by atoms with van der Waals surface area (Å²) in [6.45, 7) is 0. The van der Waals surface area contributed by atoms with Gasteiger partial charge in [0.05, 0.1) is 24.6 Å². The second-order valence-electron chi connectivity index (χ2n) is 3.87. The van der Waals surface area contributed by atoms with Crippen LogP contribution in [0.5, 0.6) is 5.75 Å². The van der Waals surface area contributed by atoms with Gasteiger partial charge in [-0.15, -0.1) is 0 Å². The molecule has 0 aliphatic carbocycles. The van der Waals surface area contributed by atoms with Gasteiger partial charge in [0.1, 0.15) is 11.3 Å². The Bertz CT molecular complexity index is 650. The first-order chi connectivity index (χ1) is 9.34. The predicted molar refractivity (Wildman–Crippen MR) is 62.5 cm³/mol. The molecule has 1 aromatic heterocycles. The SMILES string of the molecule is COc1ccc(-c2[nH]ncc2C(=O)O)c(C(F)(F)F)c1. The number of benzene rings is 1. The number of aromatic carboxylic acids is 1. The maximum atomic E-state index is 13.1. The number of methoxy groups -OCH3 is 1. The minimum absolute atomic E-state index is 0.0254. The summed E-state index contributed by atoms with van der Waals surface area (Å²) < 4.78 is 43.9. The average Bonchev–Trinajstić information content (AvgIpc) is 2.86. The number of aromatic nitrogens is 2. The Kier molecular flexibility index (Phi) is 3.39. The van der Waals surface area contributed by atoms with Crippen LogP contribution in [-0.4, -0.2) is 28.4 Å². The number of nitrogens with one attached hydrogen (secondary N) is 1. The standard InChI is InChI=1S/C12H9F3N2O3/c1-20-6-2-3-7(9(4-6)12(13,14)15)10-8(11(18)19)5-16-17-10/h2-5H,1H3,(H,16,17)(H,18,19). The van der Waals surface area contributed by atoms with Crippen molar-refractivity contribution in [2.75, 3.05) is 7.11 Å². The Labute approximate surface area is 111 Å². The summed E-state index contributed by atoms with van der Waals surface area (Å²) in [5.74, 6) is -1.34. The van der Waals surface area contributed by atoms with Crippen LogP contribution in [0.3, 0.4) is 0 Å². The number of aromatic amines is 1. The van der Waals surface area contributed by atoms with Crippen LogP contribution in [0.2, 0.25) is 0 Å². The van der Waals surface area contributed by atoms with Crippen LogP contribution in [0.25, 0.3) is 11.3 Å². The highest BCUT2D eigenvalue weighted by Crippen LogP contribution is 2.39. The molecule has 0 saturated heterocycles. The molecule has 20 heavy (non-hydrogen) atoms. The van der Waals surface area contributed by atoms with E-state index in [1.807, 2.05) is 0 Å². The van der Waals surface area contributed by atoms with Crippen LogP contribution in [0, 0.1) is 0 Å². The van der Waals surface area contributed by atoms with E-state index >= 15 is 0 Å². The summed E-state index contributed by atoms with van der Waals surface area (Å²) in [5, 5.41) is 14.7. The van der Waals surface area contributed by atoms with Crippen molar-refractivity contribution in [3.63, 3.8) is 0 Å². The summed E-state index contributed by atoms with van der Waals surface area (Å²) in [7, 11) is 1.24. The van der Waals surface area contributed by atoms with E-state index in [2.05, 4.69) is 10.2 Å². The molecule has 0 atom stereocenters. The van der Waals surface area contributed by atoms with Crippen molar-refractivity contribution in [1.29, 1.82) is 0 Å². The molecule has 0 unspecified atom stereocenters. The molecule has 0 fully saturated rings. The van der Waals surface area contributed by atoms with E-state index in [9.17, 15) is 18.0 Å². The third-order valence-electron chi connectivity index (χ3n) is 2.67. The van der Waals surface area contributed by atoms with Gasteiger partial charge in [-0.2, -0.15) is 18.3 Å². The topological polar surface area (TPSA) is 75.2 Å². The van der Waals surface area contributed by atoms with Crippen molar-refractivity contribution < 1.29 is 27.8 Å². The van der Waals surface area contributed by atoms with Gasteiger partial charge in [0.15, 0.2) is 0 Å². The Morgan fingerprint density at radius 3 is 2.65 bits per heavy atom. The third-order valence-corrected chi connectivity index (χ3v) is 2.67. The fraction of sp³-hybridized carbons (Fsp3) is 0.167. The number of rotatable bonds is 3. The summed E-state index contributed by atoms with van der Waals surface area (Å²) in [4.78, 5) is 11.0. The zero-order valence-electron chi connectivity index (χ0n) is 10.2. The van der Waals surface area contributed by atoms with Crippen LogP contribution in [0.15, 0.2) is 24.4 Å². The molecule has 106 valence electrons. The molecule has 2 aromatic rings. The zero-order valence-corrected chi connectivity index (χ0v) is 10.2. The van der Waals surface area contributed by atoms with Crippen LogP contribution in [0.4, 0.5) is 13.2 Å². The highest BCUT2D eigenvalue weighted by atomic mass is 19.4. The Balaban J connectivity index is 2.67. The molecule has 1 heterocycles. The monoisotopic (exact) mass is 286 g/mol. The van der Waals surface area contributed by atoms with E-state index in [1.54, 1.807) is 0 Å². The molecule has 2 N–H and O–H groups in total. The third kappa shape index (κ3) is 2.44. The number of halogens is 3. The molecule has 0 radical (unpaired) electrons. The smallest absolute Gasteiger partial charge is 0.417 e. The molecule has 2 rings (SSSR count). The van der Waals surface area contributed by atoms with Crippen LogP contribution >= 0.6 is 0 Å². The molecular formula is C12H9F3N2O3. The van der Waals surface area contributed by atoms with Crippen molar-refractivity contribution in [3.05, 3.63) is 35.5 Å². The van der Waals surface area contributed by atoms with Gasteiger partial charge < -0.3 is 9.84 Å². The normalized spacial score (nSPS) is 11.4. The van der Waals surface area contributed by atoms with E-state index in [4.69, 9.17) is 9.84 Å². The number of carboxylic acids is 1. The van der Waals surface area contributed by atoms with Gasteiger partial charge in [0, 0.05) is 5.56 Å². The molecule has 5 nitrogen and oxygen atoms in total. The lowest BCUT2D eigenvalue weighted by atomic mass is 10.0. The molecule has 0 aliphatic heterocycles. The summed E-state index contributed by atoms with van der Waals surface area (Å²) in [6, 6.07) is 3.26. The van der Waals surface area contributed by atoms with E-state index < -0.39 is 17.7 Å². The number of alkyl halides is 3. The summed E-state index contributed by atoms with van der Waals surface area (Å²) in [5.41, 5.74) is -1.83. The van der Waals surface area contributed by atoms with Gasteiger partial charge in [-0.25, -0.2) is 4.79 Å². The maximum Gasteiger partial charge on any atom is 0.417 e. The number of hydrogen-bond acceptors (Lipinski definition) is 3. The first kappa shape index (κ1) is 13.9. The highest BCUT2D eigenvalue weighted by molar-refractivity contribution is 5.95.